The number of aliphatic carboxylic acids is 1. The molecule has 11 heteroatoms. The molecule has 0 spiro atoms. The molecule has 2 heterocycles. The van der Waals surface area contributed by atoms with Gasteiger partial charge in [-0.15, -0.1) is 11.6 Å². The molecule has 196 valence electrons. The van der Waals surface area contributed by atoms with Gasteiger partial charge in [-0.1, -0.05) is 24.6 Å². The number of hydrogen-bond acceptors (Lipinski definition) is 4. The van der Waals surface area contributed by atoms with Crippen molar-refractivity contribution in [3.05, 3.63) is 46.0 Å². The molecule has 3 aliphatic rings. The lowest BCUT2D eigenvalue weighted by Crippen LogP contribution is -2.47. The fraction of sp³-hybridized carbons (Fsp3) is 0.520. The van der Waals surface area contributed by atoms with Crippen LogP contribution in [-0.4, -0.2) is 53.6 Å². The number of nitrogens with zero attached hydrogens (tertiary/aromatic N) is 2. The molecule has 1 fully saturated rings. The van der Waals surface area contributed by atoms with Crippen molar-refractivity contribution in [3.63, 3.8) is 0 Å². The number of hydrogen-bond donors (Lipinski definition) is 2. The Labute approximate surface area is 217 Å². The van der Waals surface area contributed by atoms with E-state index in [-0.39, 0.29) is 18.0 Å². The first-order valence-corrected chi connectivity index (χ1v) is 12.6. The van der Waals surface area contributed by atoms with Crippen LogP contribution >= 0.6 is 23.2 Å². The Morgan fingerprint density at radius 3 is 2.56 bits per heavy atom. The van der Waals surface area contributed by atoms with E-state index in [1.54, 1.807) is 35.9 Å². The molecule has 6 nitrogen and oxygen atoms in total. The second kappa shape index (κ2) is 9.82. The molecule has 1 saturated heterocycles. The number of alkyl halides is 4. The van der Waals surface area contributed by atoms with Gasteiger partial charge < -0.3 is 20.2 Å². The maximum Gasteiger partial charge on any atom is 0.416 e. The van der Waals surface area contributed by atoms with Crippen molar-refractivity contribution in [1.82, 2.24) is 4.90 Å². The Bertz CT molecular complexity index is 1140. The summed E-state index contributed by atoms with van der Waals surface area (Å²) in [7, 11) is 1.71. The van der Waals surface area contributed by atoms with Crippen molar-refractivity contribution in [2.45, 2.75) is 44.4 Å². The van der Waals surface area contributed by atoms with E-state index >= 15 is 0 Å². The van der Waals surface area contributed by atoms with E-state index < -0.39 is 34.9 Å². The van der Waals surface area contributed by atoms with Gasteiger partial charge in [0.15, 0.2) is 0 Å². The maximum atomic E-state index is 13.3. The van der Waals surface area contributed by atoms with Crippen LogP contribution in [-0.2, 0) is 15.8 Å². The molecule has 1 amide bonds. The van der Waals surface area contributed by atoms with Crippen LogP contribution < -0.4 is 10.2 Å². The lowest BCUT2D eigenvalue weighted by atomic mass is 9.85. The third-order valence-corrected chi connectivity index (χ3v) is 8.41. The van der Waals surface area contributed by atoms with Crippen LogP contribution in [0, 0.1) is 24.7 Å². The number of benzene rings is 1. The van der Waals surface area contributed by atoms with Crippen LogP contribution in [0.4, 0.5) is 24.5 Å². The first kappa shape index (κ1) is 26.7. The standard InChI is InChI=1S/C25H28Cl2F3N3O3/c1-12-8-14(25(28,29)30)9-19-22(12)31-20(32(19)3)10-17-18(26)5-4-16(21(17)27)23(34)33-7-6-15(24(35)36)13(2)11-33/h4-5,8-9,13,15,17,20-21,31H,6-7,10-11H2,1-3H3,(H,35,36). The molecule has 4 rings (SSSR count). The number of likely N-dealkylation sites (tertiary alicyclic amines) is 1. The highest BCUT2D eigenvalue weighted by atomic mass is 35.5. The van der Waals surface area contributed by atoms with Gasteiger partial charge in [0.05, 0.1) is 34.4 Å². The fourth-order valence-electron chi connectivity index (χ4n) is 5.33. The number of allylic oxidation sites excluding steroid dienone is 3. The molecule has 0 bridgehead atoms. The number of carboxylic acids is 1. The molecule has 1 aromatic rings. The summed E-state index contributed by atoms with van der Waals surface area (Å²) in [5.41, 5.74) is 1.21. The number of carboxylic acid groups (broad SMARTS) is 1. The number of anilines is 2. The van der Waals surface area contributed by atoms with E-state index in [0.717, 1.165) is 12.1 Å². The Morgan fingerprint density at radius 2 is 1.94 bits per heavy atom. The third kappa shape index (κ3) is 4.92. The van der Waals surface area contributed by atoms with E-state index in [1.165, 1.54) is 0 Å². The average molecular weight is 546 g/mol. The number of aryl methyl sites for hydroxylation is 1. The quantitative estimate of drug-likeness (QED) is 0.492. The van der Waals surface area contributed by atoms with Gasteiger partial charge in [0, 0.05) is 36.7 Å². The minimum absolute atomic E-state index is 0.187. The monoisotopic (exact) mass is 545 g/mol. The van der Waals surface area contributed by atoms with Gasteiger partial charge in [0.1, 0.15) is 0 Å². The normalized spacial score (nSPS) is 28.3. The summed E-state index contributed by atoms with van der Waals surface area (Å²) in [6.07, 6.45) is -0.856. The number of carbonyl (C=O) groups is 2. The smallest absolute Gasteiger partial charge is 0.416 e. The van der Waals surface area contributed by atoms with Gasteiger partial charge in [-0.05, 0) is 49.5 Å². The number of nitrogens with one attached hydrogen (secondary N) is 1. The molecule has 0 aromatic heterocycles. The van der Waals surface area contributed by atoms with Gasteiger partial charge in [0.2, 0.25) is 0 Å². The van der Waals surface area contributed by atoms with E-state index in [9.17, 15) is 27.9 Å². The van der Waals surface area contributed by atoms with Crippen LogP contribution in [0.1, 0.15) is 30.9 Å². The highest BCUT2D eigenvalue weighted by Crippen LogP contribution is 2.45. The van der Waals surface area contributed by atoms with Crippen LogP contribution in [0.15, 0.2) is 34.9 Å². The van der Waals surface area contributed by atoms with Crippen LogP contribution in [0.2, 0.25) is 0 Å². The van der Waals surface area contributed by atoms with E-state index in [4.69, 9.17) is 23.2 Å². The number of fused-ring (bicyclic) bond motifs is 1. The van der Waals surface area contributed by atoms with Crippen molar-refractivity contribution in [2.75, 3.05) is 30.4 Å². The summed E-state index contributed by atoms with van der Waals surface area (Å²) in [5, 5.41) is 12.4. The minimum atomic E-state index is -4.45. The lowest BCUT2D eigenvalue weighted by molar-refractivity contribution is -0.147. The predicted octanol–water partition coefficient (Wildman–Crippen LogP) is 5.45. The molecule has 5 unspecified atom stereocenters. The van der Waals surface area contributed by atoms with Crippen LogP contribution in [0.25, 0.3) is 0 Å². The Morgan fingerprint density at radius 1 is 1.25 bits per heavy atom. The Kier molecular flexibility index (Phi) is 7.27. The molecular formula is C25H28Cl2F3N3O3. The van der Waals surface area contributed by atoms with Gasteiger partial charge in [-0.2, -0.15) is 13.2 Å². The number of amides is 1. The summed E-state index contributed by atoms with van der Waals surface area (Å²) in [6.45, 7) is 4.09. The summed E-state index contributed by atoms with van der Waals surface area (Å²) in [6, 6.07) is 2.25. The van der Waals surface area contributed by atoms with Crippen molar-refractivity contribution in [2.24, 2.45) is 17.8 Å². The number of carbonyl (C=O) groups excluding carboxylic acids is 1. The van der Waals surface area contributed by atoms with Crippen molar-refractivity contribution in [1.29, 1.82) is 0 Å². The summed E-state index contributed by atoms with van der Waals surface area (Å²) < 4.78 is 40.0. The molecule has 1 aliphatic carbocycles. The zero-order valence-corrected chi connectivity index (χ0v) is 21.6. The largest absolute Gasteiger partial charge is 0.481 e. The average Bonchev–Trinajstić information content (AvgIpc) is 3.11. The van der Waals surface area contributed by atoms with Crippen molar-refractivity contribution >= 4 is 46.5 Å². The molecular weight excluding hydrogens is 518 g/mol. The summed E-state index contributed by atoms with van der Waals surface area (Å²) >= 11 is 13.3. The van der Waals surface area contributed by atoms with Crippen molar-refractivity contribution < 1.29 is 27.9 Å². The predicted molar refractivity (Wildman–Crippen MR) is 133 cm³/mol. The van der Waals surface area contributed by atoms with Gasteiger partial charge >= 0.3 is 12.1 Å². The van der Waals surface area contributed by atoms with Crippen molar-refractivity contribution in [3.8, 4) is 0 Å². The second-order valence-corrected chi connectivity index (χ2v) is 10.7. The highest BCUT2D eigenvalue weighted by Gasteiger charge is 2.41. The first-order valence-electron chi connectivity index (χ1n) is 11.7. The molecule has 1 aromatic carbocycles. The van der Waals surface area contributed by atoms with Gasteiger partial charge in [-0.3, -0.25) is 9.59 Å². The zero-order chi connectivity index (χ0) is 26.5. The van der Waals surface area contributed by atoms with E-state index in [1.807, 2.05) is 6.92 Å². The maximum absolute atomic E-state index is 13.3. The van der Waals surface area contributed by atoms with Gasteiger partial charge in [-0.25, -0.2) is 0 Å². The third-order valence-electron chi connectivity index (χ3n) is 7.46. The van der Waals surface area contributed by atoms with E-state index in [0.29, 0.717) is 53.5 Å². The fourth-order valence-corrected chi connectivity index (χ4v) is 6.08. The number of piperidine rings is 1. The number of halogens is 5. The lowest BCUT2D eigenvalue weighted by Gasteiger charge is -2.37. The Balaban J connectivity index is 1.49. The molecule has 5 atom stereocenters. The Hall–Kier alpha value is -2.39. The molecule has 36 heavy (non-hydrogen) atoms. The van der Waals surface area contributed by atoms with Gasteiger partial charge in [0.25, 0.3) is 5.91 Å². The summed E-state index contributed by atoms with van der Waals surface area (Å²) in [4.78, 5) is 28.1. The first-order chi connectivity index (χ1) is 16.8. The zero-order valence-electron chi connectivity index (χ0n) is 20.1. The highest BCUT2D eigenvalue weighted by molar-refractivity contribution is 6.33. The molecule has 2 aliphatic heterocycles. The van der Waals surface area contributed by atoms with Crippen LogP contribution in [0.3, 0.4) is 0 Å². The number of rotatable bonds is 4. The SMILES string of the molecule is Cc1cc(C(F)(F)F)cc2c1NC(CC1C(Cl)=CC=C(C(=O)N3CCC(C(=O)O)C(C)C3)C1Cl)N2C. The molecule has 0 saturated carbocycles. The summed E-state index contributed by atoms with van der Waals surface area (Å²) in [5.74, 6) is -2.23. The molecule has 0 radical (unpaired) electrons. The van der Waals surface area contributed by atoms with E-state index in [2.05, 4.69) is 5.32 Å². The topological polar surface area (TPSA) is 72.9 Å². The second-order valence-electron chi connectivity index (χ2n) is 9.84. The van der Waals surface area contributed by atoms with Crippen LogP contribution in [0.5, 0.6) is 0 Å². The minimum Gasteiger partial charge on any atom is -0.481 e. The molecule has 2 N–H and O–H groups in total.